The molecule has 1 fully saturated rings. The third kappa shape index (κ3) is 7.52. The molecule has 1 aromatic carbocycles. The first kappa shape index (κ1) is 25.2. The molecular weight excluding hydrogens is 432 g/mol. The van der Waals surface area contributed by atoms with Crippen LogP contribution in [0.1, 0.15) is 64.7 Å². The van der Waals surface area contributed by atoms with E-state index in [-0.39, 0.29) is 48.9 Å². The number of hydrogen-bond acceptors (Lipinski definition) is 5. The number of esters is 1. The Morgan fingerprint density at radius 2 is 1.61 bits per heavy atom. The van der Waals surface area contributed by atoms with Gasteiger partial charge in [0.15, 0.2) is 0 Å². The van der Waals surface area contributed by atoms with Crippen molar-refractivity contribution in [3.8, 4) is 5.75 Å². The van der Waals surface area contributed by atoms with Crippen molar-refractivity contribution in [2.45, 2.75) is 71.3 Å². The van der Waals surface area contributed by atoms with Gasteiger partial charge in [-0.2, -0.15) is 0 Å². The molecule has 1 saturated heterocycles. The number of carbonyl (C=O) groups is 2. The highest BCUT2D eigenvalue weighted by Gasteiger charge is 2.38. The molecule has 0 saturated carbocycles. The van der Waals surface area contributed by atoms with Crippen LogP contribution in [0.3, 0.4) is 0 Å². The van der Waals surface area contributed by atoms with Crippen LogP contribution in [0.15, 0.2) is 12.1 Å². The Kier molecular flexibility index (Phi) is 7.46. The number of ether oxygens (including phenoxy) is 3. The molecule has 0 radical (unpaired) electrons. The van der Waals surface area contributed by atoms with Gasteiger partial charge in [0.05, 0.1) is 10.6 Å². The quantitative estimate of drug-likeness (QED) is 0.550. The van der Waals surface area contributed by atoms with Crippen LogP contribution in [-0.2, 0) is 9.47 Å². The number of nitrogens with zero attached hydrogens (tertiary/aromatic N) is 1. The Hall–Kier alpha value is -2.09. The van der Waals surface area contributed by atoms with E-state index in [4.69, 9.17) is 25.8 Å². The second kappa shape index (κ2) is 9.18. The van der Waals surface area contributed by atoms with E-state index in [0.29, 0.717) is 0 Å². The normalized spacial score (nSPS) is 16.6. The number of piperidine rings is 1. The van der Waals surface area contributed by atoms with Gasteiger partial charge in [-0.05, 0) is 47.6 Å². The lowest BCUT2D eigenvalue weighted by Gasteiger charge is -2.36. The van der Waals surface area contributed by atoms with Crippen LogP contribution in [0.4, 0.5) is 13.6 Å². The Labute approximate surface area is 186 Å². The summed E-state index contributed by atoms with van der Waals surface area (Å²) in [7, 11) is 0. The number of alkyl halides is 1. The number of carbonyl (C=O) groups excluding carboxylic acids is 2. The largest absolute Gasteiger partial charge is 0.489 e. The Morgan fingerprint density at radius 3 is 2.13 bits per heavy atom. The maximum absolute atomic E-state index is 15.1. The maximum Gasteiger partial charge on any atom is 0.410 e. The van der Waals surface area contributed by atoms with E-state index in [1.165, 1.54) is 4.90 Å². The average Bonchev–Trinajstić information content (AvgIpc) is 2.59. The van der Waals surface area contributed by atoms with E-state index >= 15 is 4.39 Å². The van der Waals surface area contributed by atoms with Gasteiger partial charge in [0.1, 0.15) is 35.0 Å². The van der Waals surface area contributed by atoms with Crippen molar-refractivity contribution in [1.82, 2.24) is 4.90 Å². The smallest absolute Gasteiger partial charge is 0.410 e. The molecule has 0 bridgehead atoms. The number of benzene rings is 1. The molecule has 6 nitrogen and oxygen atoms in total. The summed E-state index contributed by atoms with van der Waals surface area (Å²) in [5, 5.41) is -0.0305. The zero-order valence-corrected chi connectivity index (χ0v) is 19.6. The Balaban J connectivity index is 1.98. The fraction of sp³-hybridized carbons (Fsp3) is 0.636. The van der Waals surface area contributed by atoms with Gasteiger partial charge < -0.3 is 19.1 Å². The first-order valence-electron chi connectivity index (χ1n) is 10.1. The zero-order chi connectivity index (χ0) is 23.6. The van der Waals surface area contributed by atoms with Gasteiger partial charge >= 0.3 is 12.1 Å². The third-order valence-electron chi connectivity index (χ3n) is 4.44. The van der Waals surface area contributed by atoms with E-state index in [1.54, 1.807) is 41.5 Å². The predicted molar refractivity (Wildman–Crippen MR) is 113 cm³/mol. The van der Waals surface area contributed by atoms with E-state index in [0.717, 1.165) is 12.1 Å². The van der Waals surface area contributed by atoms with Crippen LogP contribution >= 0.6 is 11.6 Å². The number of hydrogen-bond donors (Lipinski definition) is 0. The molecule has 0 atom stereocenters. The molecule has 1 heterocycles. The van der Waals surface area contributed by atoms with Crippen molar-refractivity contribution in [2.75, 3.05) is 19.7 Å². The summed E-state index contributed by atoms with van der Waals surface area (Å²) in [5.41, 5.74) is -3.45. The molecule has 31 heavy (non-hydrogen) atoms. The second-order valence-electron chi connectivity index (χ2n) is 9.67. The number of rotatable bonds is 4. The van der Waals surface area contributed by atoms with Crippen LogP contribution in [0.5, 0.6) is 5.75 Å². The molecule has 0 spiro atoms. The van der Waals surface area contributed by atoms with Gasteiger partial charge in [0.25, 0.3) is 0 Å². The van der Waals surface area contributed by atoms with E-state index in [1.807, 2.05) is 0 Å². The maximum atomic E-state index is 15.1. The van der Waals surface area contributed by atoms with Crippen molar-refractivity contribution in [1.29, 1.82) is 0 Å². The molecule has 0 aromatic heterocycles. The number of halogens is 3. The highest BCUT2D eigenvalue weighted by Crippen LogP contribution is 2.33. The Bertz CT molecular complexity index is 824. The predicted octanol–water partition coefficient (Wildman–Crippen LogP) is 5.55. The lowest BCUT2D eigenvalue weighted by molar-refractivity contribution is -0.00934. The molecule has 1 aliphatic rings. The fourth-order valence-electron chi connectivity index (χ4n) is 2.90. The molecule has 9 heteroatoms. The standard InChI is InChI=1S/C22H30ClF2NO5/c1-20(2,3)30-18(27)14-11-15(23)17(12-16(14)24)29-13-22(25)7-9-26(10-8-22)19(28)31-21(4,5)6/h11-12H,7-10,13H2,1-6H3. The van der Waals surface area contributed by atoms with Crippen LogP contribution in [-0.4, -0.2) is 53.5 Å². The summed E-state index contributed by atoms with van der Waals surface area (Å²) >= 11 is 6.11. The summed E-state index contributed by atoms with van der Waals surface area (Å²) in [6.45, 7) is 10.3. The highest BCUT2D eigenvalue weighted by molar-refractivity contribution is 6.32. The molecule has 0 N–H and O–H groups in total. The highest BCUT2D eigenvalue weighted by atomic mass is 35.5. The monoisotopic (exact) mass is 461 g/mol. The van der Waals surface area contributed by atoms with Crippen molar-refractivity contribution in [2.24, 2.45) is 0 Å². The van der Waals surface area contributed by atoms with Gasteiger partial charge in [-0.25, -0.2) is 18.4 Å². The van der Waals surface area contributed by atoms with Crippen molar-refractivity contribution < 1.29 is 32.6 Å². The molecule has 2 rings (SSSR count). The topological polar surface area (TPSA) is 65.1 Å². The van der Waals surface area contributed by atoms with Gasteiger partial charge in [-0.3, -0.25) is 0 Å². The summed E-state index contributed by atoms with van der Waals surface area (Å²) in [6.07, 6.45) is -0.400. The van der Waals surface area contributed by atoms with Gasteiger partial charge in [0.2, 0.25) is 0 Å². The van der Waals surface area contributed by atoms with Gasteiger partial charge in [-0.15, -0.1) is 0 Å². The SMILES string of the molecule is CC(C)(C)OC(=O)c1cc(Cl)c(OCC2(F)CCN(C(=O)OC(C)(C)C)CC2)cc1F. The summed E-state index contributed by atoms with van der Waals surface area (Å²) in [5.74, 6) is -1.80. The average molecular weight is 462 g/mol. The van der Waals surface area contributed by atoms with Crippen molar-refractivity contribution in [3.05, 3.63) is 28.5 Å². The van der Waals surface area contributed by atoms with E-state index in [9.17, 15) is 14.0 Å². The van der Waals surface area contributed by atoms with Crippen LogP contribution < -0.4 is 4.74 Å². The lowest BCUT2D eigenvalue weighted by Crippen LogP contribution is -2.48. The molecule has 1 aliphatic heterocycles. The second-order valence-corrected chi connectivity index (χ2v) is 10.1. The van der Waals surface area contributed by atoms with E-state index < -0.39 is 34.8 Å². The summed E-state index contributed by atoms with van der Waals surface area (Å²) in [6, 6.07) is 2.05. The first-order valence-corrected chi connectivity index (χ1v) is 10.5. The molecule has 0 unspecified atom stereocenters. The number of likely N-dealkylation sites (tertiary alicyclic amines) is 1. The van der Waals surface area contributed by atoms with Crippen LogP contribution in [0.25, 0.3) is 0 Å². The van der Waals surface area contributed by atoms with Gasteiger partial charge in [-0.1, -0.05) is 11.6 Å². The number of amides is 1. The van der Waals surface area contributed by atoms with Crippen molar-refractivity contribution >= 4 is 23.7 Å². The summed E-state index contributed by atoms with van der Waals surface area (Å²) in [4.78, 5) is 25.7. The Morgan fingerprint density at radius 1 is 1.06 bits per heavy atom. The molecular formula is C22H30ClF2NO5. The van der Waals surface area contributed by atoms with Crippen LogP contribution in [0.2, 0.25) is 5.02 Å². The van der Waals surface area contributed by atoms with Gasteiger partial charge in [0, 0.05) is 32.0 Å². The minimum Gasteiger partial charge on any atom is -0.489 e. The van der Waals surface area contributed by atoms with Crippen molar-refractivity contribution in [3.63, 3.8) is 0 Å². The molecule has 0 aliphatic carbocycles. The molecule has 1 amide bonds. The zero-order valence-electron chi connectivity index (χ0n) is 18.8. The molecule has 1 aromatic rings. The summed E-state index contributed by atoms with van der Waals surface area (Å²) < 4.78 is 45.4. The minimum atomic E-state index is -1.71. The van der Waals surface area contributed by atoms with Crippen LogP contribution in [0, 0.1) is 5.82 Å². The third-order valence-corrected chi connectivity index (χ3v) is 4.73. The fourth-order valence-corrected chi connectivity index (χ4v) is 3.11. The minimum absolute atomic E-state index is 0.0305. The molecule has 174 valence electrons. The van der Waals surface area contributed by atoms with E-state index in [2.05, 4.69) is 0 Å². The first-order chi connectivity index (χ1) is 14.1. The lowest BCUT2D eigenvalue weighted by atomic mass is 9.94.